The molecule has 0 aliphatic rings. The molecule has 3 N–H and O–H groups in total. The van der Waals surface area contributed by atoms with E-state index in [2.05, 4.69) is 25.6 Å². The van der Waals surface area contributed by atoms with E-state index in [4.69, 9.17) is 9.47 Å². The highest BCUT2D eigenvalue weighted by molar-refractivity contribution is 5.91. The van der Waals surface area contributed by atoms with Gasteiger partial charge < -0.3 is 25.2 Å². The summed E-state index contributed by atoms with van der Waals surface area (Å²) in [7, 11) is 2.86. The van der Waals surface area contributed by atoms with Crippen LogP contribution in [0.3, 0.4) is 0 Å². The number of aliphatic hydroxyl groups is 1. The second-order valence-electron chi connectivity index (χ2n) is 6.46. The fourth-order valence-corrected chi connectivity index (χ4v) is 2.70. The Labute approximate surface area is 174 Å². The maximum atomic E-state index is 11.9. The summed E-state index contributed by atoms with van der Waals surface area (Å²) in [4.78, 5) is 25.0. The van der Waals surface area contributed by atoms with Crippen LogP contribution >= 0.6 is 0 Å². The highest BCUT2D eigenvalue weighted by Crippen LogP contribution is 2.30. The molecule has 2 heterocycles. The number of carbonyl (C=O) groups excluding carboxylic acids is 1. The van der Waals surface area contributed by atoms with Crippen molar-refractivity contribution >= 4 is 23.4 Å². The Balaban J connectivity index is 2.02. The highest BCUT2D eigenvalue weighted by atomic mass is 16.5. The number of aromatic nitrogens is 3. The Morgan fingerprint density at radius 3 is 2.57 bits per heavy atom. The van der Waals surface area contributed by atoms with Crippen molar-refractivity contribution in [1.29, 1.82) is 0 Å². The summed E-state index contributed by atoms with van der Waals surface area (Å²) in [5.41, 5.74) is 2.42. The van der Waals surface area contributed by atoms with Crippen molar-refractivity contribution < 1.29 is 19.4 Å². The van der Waals surface area contributed by atoms with Gasteiger partial charge in [-0.25, -0.2) is 9.78 Å². The van der Waals surface area contributed by atoms with Gasteiger partial charge in [-0.1, -0.05) is 0 Å². The van der Waals surface area contributed by atoms with Crippen molar-refractivity contribution in [3.63, 3.8) is 0 Å². The number of benzene rings is 1. The van der Waals surface area contributed by atoms with Crippen LogP contribution in [0.1, 0.15) is 17.3 Å². The van der Waals surface area contributed by atoms with Gasteiger partial charge in [-0.3, -0.25) is 4.98 Å². The van der Waals surface area contributed by atoms with Gasteiger partial charge in [-0.2, -0.15) is 4.98 Å². The van der Waals surface area contributed by atoms with Crippen LogP contribution in [0.25, 0.3) is 11.3 Å². The smallest absolute Gasteiger partial charge is 0.337 e. The van der Waals surface area contributed by atoms with Crippen LogP contribution in [0.15, 0.2) is 48.8 Å². The molecule has 0 aliphatic carbocycles. The van der Waals surface area contributed by atoms with Crippen molar-refractivity contribution in [3.8, 4) is 17.0 Å². The van der Waals surface area contributed by atoms with E-state index in [-0.39, 0.29) is 12.6 Å². The van der Waals surface area contributed by atoms with Gasteiger partial charge in [0.1, 0.15) is 11.6 Å². The van der Waals surface area contributed by atoms with Crippen molar-refractivity contribution in [2.75, 3.05) is 31.5 Å². The molecule has 0 bridgehead atoms. The number of aliphatic hydroxyl groups excluding tert-OH is 1. The lowest BCUT2D eigenvalue weighted by Crippen LogP contribution is -2.21. The Morgan fingerprint density at radius 1 is 1.13 bits per heavy atom. The summed E-state index contributed by atoms with van der Waals surface area (Å²) in [6.45, 7) is 1.75. The number of nitrogens with zero attached hydrogens (tertiary/aromatic N) is 3. The summed E-state index contributed by atoms with van der Waals surface area (Å²) in [6, 6.07) is 10.1. The molecule has 9 heteroatoms. The van der Waals surface area contributed by atoms with Crippen LogP contribution in [-0.4, -0.2) is 52.9 Å². The fraction of sp³-hybridized carbons (Fsp3) is 0.238. The van der Waals surface area contributed by atoms with Gasteiger partial charge in [0.15, 0.2) is 0 Å². The fourth-order valence-electron chi connectivity index (χ4n) is 2.70. The molecular weight excluding hydrogens is 386 g/mol. The minimum Gasteiger partial charge on any atom is -0.495 e. The van der Waals surface area contributed by atoms with E-state index in [9.17, 15) is 9.90 Å². The van der Waals surface area contributed by atoms with Gasteiger partial charge >= 0.3 is 5.97 Å². The summed E-state index contributed by atoms with van der Waals surface area (Å²) in [5.74, 6) is 0.895. The van der Waals surface area contributed by atoms with Gasteiger partial charge in [0.25, 0.3) is 0 Å². The Bertz CT molecular complexity index is 1010. The summed E-state index contributed by atoms with van der Waals surface area (Å²) >= 11 is 0. The number of esters is 1. The number of anilines is 3. The number of hydrogen-bond acceptors (Lipinski definition) is 9. The van der Waals surface area contributed by atoms with Gasteiger partial charge in [-0.15, -0.1) is 0 Å². The molecule has 2 aromatic heterocycles. The Morgan fingerprint density at radius 2 is 1.90 bits per heavy atom. The molecule has 0 amide bonds. The second-order valence-corrected chi connectivity index (χ2v) is 6.46. The van der Waals surface area contributed by atoms with E-state index < -0.39 is 5.97 Å². The second kappa shape index (κ2) is 9.66. The molecule has 3 rings (SSSR count). The molecule has 156 valence electrons. The standard InChI is InChI=1S/C21H23N5O4/c1-13(12-27)23-21-25-16(14-6-8-22-9-7-14)11-19(26-21)24-17-10-15(20(28)30-3)4-5-18(17)29-2/h4-11,13,27H,12H2,1-3H3,(H2,23,24,25,26)/t13-/m1/s1. The molecule has 30 heavy (non-hydrogen) atoms. The van der Waals surface area contributed by atoms with Crippen LogP contribution in [0, 0.1) is 0 Å². The average Bonchev–Trinajstić information content (AvgIpc) is 2.78. The van der Waals surface area contributed by atoms with Crippen molar-refractivity contribution in [3.05, 3.63) is 54.4 Å². The number of methoxy groups -OCH3 is 2. The topological polar surface area (TPSA) is 118 Å². The lowest BCUT2D eigenvalue weighted by atomic mass is 10.1. The van der Waals surface area contributed by atoms with Crippen LogP contribution in [0.4, 0.5) is 17.5 Å². The monoisotopic (exact) mass is 409 g/mol. The quantitative estimate of drug-likeness (QED) is 0.483. The first kappa shape index (κ1) is 21.0. The van der Waals surface area contributed by atoms with E-state index in [1.54, 1.807) is 36.7 Å². The average molecular weight is 409 g/mol. The zero-order chi connectivity index (χ0) is 21.5. The lowest BCUT2D eigenvalue weighted by Gasteiger charge is -2.16. The molecule has 1 atom stereocenters. The Kier molecular flexibility index (Phi) is 6.76. The van der Waals surface area contributed by atoms with Gasteiger partial charge in [0.2, 0.25) is 5.95 Å². The van der Waals surface area contributed by atoms with Crippen molar-refractivity contribution in [1.82, 2.24) is 15.0 Å². The minimum absolute atomic E-state index is 0.0688. The maximum absolute atomic E-state index is 11.9. The van der Waals surface area contributed by atoms with Crippen LogP contribution in [0.2, 0.25) is 0 Å². The predicted molar refractivity (Wildman–Crippen MR) is 113 cm³/mol. The number of nitrogens with one attached hydrogen (secondary N) is 2. The molecule has 3 aromatic rings. The normalized spacial score (nSPS) is 11.5. The molecule has 0 saturated carbocycles. The summed E-state index contributed by atoms with van der Waals surface area (Å²) in [5, 5.41) is 15.6. The van der Waals surface area contributed by atoms with E-state index in [1.165, 1.54) is 14.2 Å². The first-order chi connectivity index (χ1) is 14.5. The zero-order valence-corrected chi connectivity index (χ0v) is 16.9. The van der Waals surface area contributed by atoms with Gasteiger partial charge in [0, 0.05) is 30.1 Å². The van der Waals surface area contributed by atoms with Crippen molar-refractivity contribution in [2.45, 2.75) is 13.0 Å². The number of pyridine rings is 1. The van der Waals surface area contributed by atoms with Crippen LogP contribution in [-0.2, 0) is 4.74 Å². The Hall–Kier alpha value is -3.72. The lowest BCUT2D eigenvalue weighted by molar-refractivity contribution is 0.0600. The molecule has 0 radical (unpaired) electrons. The van der Waals surface area contributed by atoms with Crippen molar-refractivity contribution in [2.24, 2.45) is 0 Å². The third-order valence-electron chi connectivity index (χ3n) is 4.23. The van der Waals surface area contributed by atoms with Gasteiger partial charge in [-0.05, 0) is 37.3 Å². The first-order valence-electron chi connectivity index (χ1n) is 9.24. The van der Waals surface area contributed by atoms with Gasteiger partial charge in [0.05, 0.1) is 37.8 Å². The number of carbonyl (C=O) groups is 1. The van der Waals surface area contributed by atoms with Crippen LogP contribution in [0.5, 0.6) is 5.75 Å². The zero-order valence-electron chi connectivity index (χ0n) is 16.9. The number of rotatable bonds is 8. The largest absolute Gasteiger partial charge is 0.495 e. The summed E-state index contributed by atoms with van der Waals surface area (Å²) < 4.78 is 10.2. The van der Waals surface area contributed by atoms with E-state index >= 15 is 0 Å². The van der Waals surface area contributed by atoms with Crippen LogP contribution < -0.4 is 15.4 Å². The minimum atomic E-state index is -0.458. The molecule has 0 saturated heterocycles. The molecule has 0 aliphatic heterocycles. The highest BCUT2D eigenvalue weighted by Gasteiger charge is 2.14. The van der Waals surface area contributed by atoms with E-state index in [0.29, 0.717) is 34.5 Å². The molecule has 0 fully saturated rings. The molecule has 9 nitrogen and oxygen atoms in total. The maximum Gasteiger partial charge on any atom is 0.337 e. The predicted octanol–water partition coefficient (Wildman–Crippen LogP) is 2.87. The number of hydrogen-bond donors (Lipinski definition) is 3. The number of ether oxygens (including phenoxy) is 2. The molecular formula is C21H23N5O4. The SMILES string of the molecule is COC(=O)c1ccc(OC)c(Nc2cc(-c3ccncc3)nc(N[C@H](C)CO)n2)c1. The molecule has 1 aromatic carbocycles. The third kappa shape index (κ3) is 5.00. The summed E-state index contributed by atoms with van der Waals surface area (Å²) in [6.07, 6.45) is 3.35. The molecule has 0 spiro atoms. The molecule has 0 unspecified atom stereocenters. The third-order valence-corrected chi connectivity index (χ3v) is 4.23. The van der Waals surface area contributed by atoms with E-state index in [0.717, 1.165) is 5.56 Å². The first-order valence-corrected chi connectivity index (χ1v) is 9.24. The van der Waals surface area contributed by atoms with E-state index in [1.807, 2.05) is 19.1 Å².